The molecule has 0 saturated carbocycles. The third-order valence-corrected chi connectivity index (χ3v) is 11.3. The standard InChI is InChI=1S/C53H49N4O.Pt/c1-34-26-35(2)51(36(3)27-34)44-31-50(54-32-45(44)53(7,8)9)57-46-21-11-10-20-42(46)43-25-24-41(30-49(43)57)58-40-19-15-18-39(29-40)56-33-55(47-22-12-13-23-48(47)56)38-17-14-16-37(28-38)52(4,5)6;/h10-28,31-33H,1-9H3;/q-3;. The summed E-state index contributed by atoms with van der Waals surface area (Å²) in [4.78, 5) is 9.60. The number of hydrogen-bond donors (Lipinski definition) is 0. The van der Waals surface area contributed by atoms with Gasteiger partial charge in [-0.25, -0.2) is 4.98 Å². The van der Waals surface area contributed by atoms with Crippen molar-refractivity contribution in [2.75, 3.05) is 9.80 Å². The third kappa shape index (κ3) is 7.36. The molecule has 1 aliphatic heterocycles. The molecule has 8 aromatic rings. The van der Waals surface area contributed by atoms with E-state index in [0.29, 0.717) is 11.5 Å². The molecule has 300 valence electrons. The zero-order valence-electron chi connectivity index (χ0n) is 35.2. The van der Waals surface area contributed by atoms with Gasteiger partial charge in [0, 0.05) is 61.3 Å². The Balaban J connectivity index is 0.00000484. The van der Waals surface area contributed by atoms with Gasteiger partial charge in [0.2, 0.25) is 0 Å². The molecular weight excluding hydrogens is 904 g/mol. The van der Waals surface area contributed by atoms with E-state index < -0.39 is 0 Å². The second kappa shape index (κ2) is 15.2. The largest absolute Gasteiger partial charge is 0.509 e. The second-order valence-corrected chi connectivity index (χ2v) is 17.7. The van der Waals surface area contributed by atoms with E-state index >= 15 is 0 Å². The van der Waals surface area contributed by atoms with Crippen LogP contribution in [0.5, 0.6) is 11.5 Å². The minimum atomic E-state index is -0.103. The van der Waals surface area contributed by atoms with Crippen LogP contribution in [-0.4, -0.2) is 9.55 Å². The predicted molar refractivity (Wildman–Crippen MR) is 241 cm³/mol. The van der Waals surface area contributed by atoms with Crippen LogP contribution in [0, 0.1) is 39.6 Å². The summed E-state index contributed by atoms with van der Waals surface area (Å²) in [5.41, 5.74) is 14.9. The van der Waals surface area contributed by atoms with Crippen LogP contribution in [0.15, 0.2) is 128 Å². The number of hydrogen-bond acceptors (Lipinski definition) is 4. The molecule has 0 radical (unpaired) electrons. The Morgan fingerprint density at radius 1 is 0.627 bits per heavy atom. The predicted octanol–water partition coefficient (Wildman–Crippen LogP) is 14.2. The second-order valence-electron chi connectivity index (χ2n) is 17.7. The Labute approximate surface area is 363 Å². The number of rotatable bonds is 6. The molecule has 0 N–H and O–H groups in total. The first-order valence-corrected chi connectivity index (χ1v) is 20.1. The molecule has 2 aromatic heterocycles. The molecular formula is C53H49N4OPt-3. The first-order chi connectivity index (χ1) is 27.7. The number of pyridine rings is 1. The fourth-order valence-electron chi connectivity index (χ4n) is 8.53. The number of aryl methyl sites for hydroxylation is 3. The van der Waals surface area contributed by atoms with Gasteiger partial charge in [0.05, 0.1) is 0 Å². The van der Waals surface area contributed by atoms with Gasteiger partial charge in [-0.3, -0.25) is 0 Å². The van der Waals surface area contributed by atoms with Crippen LogP contribution in [0.25, 0.3) is 38.8 Å². The van der Waals surface area contributed by atoms with Gasteiger partial charge < -0.3 is 19.1 Å². The van der Waals surface area contributed by atoms with Crippen LogP contribution in [0.1, 0.15) is 69.4 Å². The van der Waals surface area contributed by atoms with Gasteiger partial charge in [-0.1, -0.05) is 107 Å². The van der Waals surface area contributed by atoms with Gasteiger partial charge in [-0.05, 0) is 107 Å². The van der Waals surface area contributed by atoms with E-state index in [9.17, 15) is 0 Å². The normalized spacial score (nSPS) is 12.9. The van der Waals surface area contributed by atoms with Crippen LogP contribution < -0.4 is 14.5 Å². The Morgan fingerprint density at radius 3 is 2.03 bits per heavy atom. The summed E-state index contributed by atoms with van der Waals surface area (Å²) in [6.45, 7) is 22.3. The summed E-state index contributed by atoms with van der Waals surface area (Å²) in [6, 6.07) is 50.0. The molecule has 3 heterocycles. The summed E-state index contributed by atoms with van der Waals surface area (Å²) >= 11 is 0. The van der Waals surface area contributed by atoms with Crippen LogP contribution in [0.3, 0.4) is 0 Å². The van der Waals surface area contributed by atoms with E-state index in [0.717, 1.165) is 50.4 Å². The zero-order chi connectivity index (χ0) is 40.5. The van der Waals surface area contributed by atoms with Crippen molar-refractivity contribution in [2.45, 2.75) is 73.1 Å². The molecule has 6 heteroatoms. The number of nitrogens with zero attached hydrogens (tertiary/aromatic N) is 4. The number of anilines is 4. The smallest absolute Gasteiger partial charge is 0.136 e. The topological polar surface area (TPSA) is 33.5 Å². The third-order valence-electron chi connectivity index (χ3n) is 11.3. The van der Waals surface area contributed by atoms with Crippen molar-refractivity contribution < 1.29 is 25.8 Å². The van der Waals surface area contributed by atoms with Crippen molar-refractivity contribution in [3.63, 3.8) is 0 Å². The minimum Gasteiger partial charge on any atom is -0.509 e. The van der Waals surface area contributed by atoms with Gasteiger partial charge >= 0.3 is 0 Å². The van der Waals surface area contributed by atoms with Crippen molar-refractivity contribution in [3.05, 3.63) is 174 Å². The van der Waals surface area contributed by atoms with Crippen LogP contribution in [-0.2, 0) is 31.9 Å². The molecule has 0 amide bonds. The first-order valence-electron chi connectivity index (χ1n) is 20.1. The van der Waals surface area contributed by atoms with E-state index in [-0.39, 0.29) is 31.9 Å². The van der Waals surface area contributed by atoms with Crippen LogP contribution >= 0.6 is 0 Å². The molecule has 0 spiro atoms. The summed E-state index contributed by atoms with van der Waals surface area (Å²) < 4.78 is 8.85. The van der Waals surface area contributed by atoms with Crippen molar-refractivity contribution >= 4 is 44.6 Å². The molecule has 0 saturated heterocycles. The number of para-hydroxylation sites is 3. The maximum atomic E-state index is 6.63. The van der Waals surface area contributed by atoms with E-state index in [1.165, 1.54) is 38.9 Å². The molecule has 1 aliphatic rings. The molecule has 0 unspecified atom stereocenters. The molecule has 5 nitrogen and oxygen atoms in total. The fourth-order valence-corrected chi connectivity index (χ4v) is 8.53. The minimum absolute atomic E-state index is 0. The summed E-state index contributed by atoms with van der Waals surface area (Å²) in [7, 11) is 0. The molecule has 9 rings (SSSR count). The summed E-state index contributed by atoms with van der Waals surface area (Å²) in [6.07, 6.45) is 2.07. The number of fused-ring (bicyclic) bond motifs is 4. The Kier molecular flexibility index (Phi) is 10.3. The van der Waals surface area contributed by atoms with E-state index in [4.69, 9.17) is 9.72 Å². The molecule has 6 aromatic carbocycles. The monoisotopic (exact) mass is 952 g/mol. The molecule has 0 aliphatic carbocycles. The Morgan fingerprint density at radius 2 is 1.31 bits per heavy atom. The van der Waals surface area contributed by atoms with Gasteiger partial charge in [0.15, 0.2) is 0 Å². The summed E-state index contributed by atoms with van der Waals surface area (Å²) in [5.74, 6) is 2.06. The fraction of sp³-hybridized carbons (Fsp3) is 0.208. The van der Waals surface area contributed by atoms with Crippen LogP contribution in [0.2, 0.25) is 0 Å². The first kappa shape index (κ1) is 40.2. The van der Waals surface area contributed by atoms with E-state index in [1.807, 2.05) is 18.2 Å². The zero-order valence-corrected chi connectivity index (χ0v) is 37.5. The maximum absolute atomic E-state index is 6.63. The van der Waals surface area contributed by atoms with Gasteiger partial charge in [0.25, 0.3) is 0 Å². The van der Waals surface area contributed by atoms with Gasteiger partial charge in [0.1, 0.15) is 5.82 Å². The quantitative estimate of drug-likeness (QED) is 0.156. The molecule has 0 fully saturated rings. The van der Waals surface area contributed by atoms with Crippen molar-refractivity contribution in [1.29, 1.82) is 0 Å². The number of benzene rings is 6. The average molecular weight is 953 g/mol. The number of ether oxygens (including phenoxy) is 1. The van der Waals surface area contributed by atoms with Crippen molar-refractivity contribution in [1.82, 2.24) is 9.55 Å². The average Bonchev–Trinajstić information content (AvgIpc) is 3.73. The van der Waals surface area contributed by atoms with Gasteiger partial charge in [-0.15, -0.1) is 48.1 Å². The van der Waals surface area contributed by atoms with E-state index in [2.05, 4.69) is 205 Å². The number of aromatic nitrogens is 2. The molecule has 59 heavy (non-hydrogen) atoms. The van der Waals surface area contributed by atoms with Crippen molar-refractivity contribution in [2.24, 2.45) is 0 Å². The maximum Gasteiger partial charge on any atom is 0.136 e. The molecule has 0 bridgehead atoms. The van der Waals surface area contributed by atoms with Crippen LogP contribution in [0.4, 0.5) is 22.7 Å². The molecule has 0 atom stereocenters. The Bertz CT molecular complexity index is 2850. The SMILES string of the molecule is Cc1cc(C)c(-c2cc(-n3c4[c-]c(Oc5[c-]c(N6[CH-]N(c7cccc(C(C)(C)C)c7)c7ccccc76)ccc5)ccc4c4ccccc43)ncc2C(C)(C)C)c(C)c1.[Pt]. The van der Waals surface area contributed by atoms with Gasteiger partial charge in [-0.2, -0.15) is 12.1 Å². The summed E-state index contributed by atoms with van der Waals surface area (Å²) in [5, 5.41) is 2.23. The van der Waals surface area contributed by atoms with E-state index in [1.54, 1.807) is 0 Å². The van der Waals surface area contributed by atoms with Crippen molar-refractivity contribution in [3.8, 4) is 28.4 Å². The Hall–Kier alpha value is -5.64.